The maximum absolute atomic E-state index is 11.2. The molecule has 1 unspecified atom stereocenters. The molecule has 1 amide bonds. The molecule has 0 aliphatic rings. The van der Waals surface area contributed by atoms with Crippen molar-refractivity contribution in [2.45, 2.75) is 23.6 Å². The number of carbonyl (C=O) groups excluding carboxylic acids is 1. The van der Waals surface area contributed by atoms with Gasteiger partial charge in [-0.25, -0.2) is 4.98 Å². The van der Waals surface area contributed by atoms with Crippen LogP contribution in [0.15, 0.2) is 60.0 Å². The first-order valence-electron chi connectivity index (χ1n) is 8.17. The van der Waals surface area contributed by atoms with Crippen LogP contribution >= 0.6 is 35.0 Å². The summed E-state index contributed by atoms with van der Waals surface area (Å²) in [5.41, 5.74) is 8.17. The summed E-state index contributed by atoms with van der Waals surface area (Å²) in [6.45, 7) is 2.13. The molecule has 0 aliphatic carbocycles. The molecule has 27 heavy (non-hydrogen) atoms. The third-order valence-corrected chi connectivity index (χ3v) is 5.63. The number of benzene rings is 2. The number of nitrogen functional groups attached to an aromatic ring is 1. The number of hydrogen-bond acceptors (Lipinski definition) is 4. The normalized spacial score (nSPS) is 12.0. The molecule has 3 aromatic rings. The minimum atomic E-state index is -0.159. The number of aromatic nitrogens is 2. The van der Waals surface area contributed by atoms with E-state index in [-0.39, 0.29) is 11.2 Å². The number of thioether (sulfide) groups is 1. The number of imidazole rings is 1. The van der Waals surface area contributed by atoms with Crippen molar-refractivity contribution < 1.29 is 4.79 Å². The van der Waals surface area contributed by atoms with Gasteiger partial charge >= 0.3 is 0 Å². The highest BCUT2D eigenvalue weighted by atomic mass is 35.5. The van der Waals surface area contributed by atoms with Crippen molar-refractivity contribution in [3.63, 3.8) is 0 Å². The minimum Gasteiger partial charge on any atom is -0.397 e. The van der Waals surface area contributed by atoms with Crippen LogP contribution in [0.4, 0.5) is 11.4 Å². The Hall–Kier alpha value is -2.15. The highest BCUT2D eigenvalue weighted by Crippen LogP contribution is 2.41. The first-order chi connectivity index (χ1) is 12.9. The van der Waals surface area contributed by atoms with Gasteiger partial charge in [-0.3, -0.25) is 4.79 Å². The van der Waals surface area contributed by atoms with Crippen molar-refractivity contribution in [1.29, 1.82) is 0 Å². The number of nitrogens with zero attached hydrogens (tertiary/aromatic N) is 2. The summed E-state index contributed by atoms with van der Waals surface area (Å²) in [6.07, 6.45) is 5.42. The van der Waals surface area contributed by atoms with E-state index in [0.717, 1.165) is 10.5 Å². The van der Waals surface area contributed by atoms with E-state index < -0.39 is 0 Å². The summed E-state index contributed by atoms with van der Waals surface area (Å²) in [4.78, 5) is 16.3. The molecule has 0 spiro atoms. The Kier molecular flexibility index (Phi) is 6.31. The molecule has 1 heterocycles. The number of anilines is 2. The lowest BCUT2D eigenvalue weighted by Crippen LogP contribution is -2.08. The maximum Gasteiger partial charge on any atom is 0.221 e. The lowest BCUT2D eigenvalue weighted by molar-refractivity contribution is -0.114. The van der Waals surface area contributed by atoms with Gasteiger partial charge < -0.3 is 15.6 Å². The number of nitrogens with one attached hydrogen (secondary N) is 1. The minimum absolute atomic E-state index is 0.0231. The van der Waals surface area contributed by atoms with Crippen molar-refractivity contribution >= 4 is 52.2 Å². The summed E-state index contributed by atoms with van der Waals surface area (Å²) in [7, 11) is 0. The Morgan fingerprint density at radius 1 is 1.30 bits per heavy atom. The van der Waals surface area contributed by atoms with E-state index in [1.165, 1.54) is 6.92 Å². The predicted octanol–water partition coefficient (Wildman–Crippen LogP) is 5.26. The Morgan fingerprint density at radius 2 is 2.11 bits per heavy atom. The topological polar surface area (TPSA) is 72.9 Å². The van der Waals surface area contributed by atoms with Crippen LogP contribution in [0.2, 0.25) is 10.0 Å². The SMILES string of the molecule is CC(=O)Nc1ccc(SC(Cn2ccnc2)c2ccc(Cl)cc2Cl)cc1N. The molecule has 0 bridgehead atoms. The molecule has 0 aliphatic heterocycles. The number of nitrogens with two attached hydrogens (primary N) is 1. The molecule has 5 nitrogen and oxygen atoms in total. The second-order valence-electron chi connectivity index (χ2n) is 5.96. The molecule has 1 atom stereocenters. The number of hydrogen-bond donors (Lipinski definition) is 2. The number of carbonyl (C=O) groups is 1. The van der Waals surface area contributed by atoms with Gasteiger partial charge in [0, 0.05) is 40.8 Å². The van der Waals surface area contributed by atoms with Crippen LogP contribution in [-0.2, 0) is 11.3 Å². The highest BCUT2D eigenvalue weighted by molar-refractivity contribution is 7.99. The average molecular weight is 421 g/mol. The van der Waals surface area contributed by atoms with Gasteiger partial charge in [-0.15, -0.1) is 11.8 Å². The Bertz CT molecular complexity index is 947. The molecule has 3 rings (SSSR count). The van der Waals surface area contributed by atoms with Crippen LogP contribution in [0.5, 0.6) is 0 Å². The number of halogens is 2. The molecule has 1 aromatic heterocycles. The monoisotopic (exact) mass is 420 g/mol. The summed E-state index contributed by atoms with van der Waals surface area (Å²) in [6, 6.07) is 11.1. The third-order valence-electron chi connectivity index (χ3n) is 3.86. The molecule has 0 saturated heterocycles. The molecular weight excluding hydrogens is 403 g/mol. The van der Waals surface area contributed by atoms with E-state index in [4.69, 9.17) is 28.9 Å². The molecule has 0 fully saturated rings. The number of amides is 1. The summed E-state index contributed by atoms with van der Waals surface area (Å²) < 4.78 is 2.00. The van der Waals surface area contributed by atoms with Crippen LogP contribution in [-0.4, -0.2) is 15.5 Å². The van der Waals surface area contributed by atoms with Crippen LogP contribution in [0, 0.1) is 0 Å². The van der Waals surface area contributed by atoms with Crippen LogP contribution in [0.25, 0.3) is 0 Å². The van der Waals surface area contributed by atoms with E-state index >= 15 is 0 Å². The summed E-state index contributed by atoms with van der Waals surface area (Å²) >= 11 is 14.1. The van der Waals surface area contributed by atoms with E-state index in [1.807, 2.05) is 35.0 Å². The fourth-order valence-electron chi connectivity index (χ4n) is 2.63. The van der Waals surface area contributed by atoms with E-state index in [0.29, 0.717) is 28.0 Å². The van der Waals surface area contributed by atoms with Gasteiger partial charge in [0.1, 0.15) is 0 Å². The Labute approximate surface area is 171 Å². The highest BCUT2D eigenvalue weighted by Gasteiger charge is 2.18. The first-order valence-corrected chi connectivity index (χ1v) is 9.80. The Morgan fingerprint density at radius 3 is 2.74 bits per heavy atom. The van der Waals surface area contributed by atoms with Crippen LogP contribution in [0.3, 0.4) is 0 Å². The van der Waals surface area contributed by atoms with Crippen molar-refractivity contribution in [1.82, 2.24) is 9.55 Å². The predicted molar refractivity (Wildman–Crippen MR) is 112 cm³/mol. The van der Waals surface area contributed by atoms with Crippen molar-refractivity contribution in [3.05, 3.63) is 70.7 Å². The van der Waals surface area contributed by atoms with Gasteiger partial charge in [-0.2, -0.15) is 0 Å². The zero-order chi connectivity index (χ0) is 19.4. The molecule has 0 saturated carbocycles. The molecule has 8 heteroatoms. The van der Waals surface area contributed by atoms with Gasteiger partial charge in [-0.1, -0.05) is 29.3 Å². The second-order valence-corrected chi connectivity index (χ2v) is 8.08. The molecular formula is C19H18Cl2N4OS. The molecule has 140 valence electrons. The fourth-order valence-corrected chi connectivity index (χ4v) is 4.48. The van der Waals surface area contributed by atoms with Gasteiger partial charge in [-0.05, 0) is 35.9 Å². The summed E-state index contributed by atoms with van der Waals surface area (Å²) in [5, 5.41) is 3.95. The van der Waals surface area contributed by atoms with E-state index in [9.17, 15) is 4.79 Å². The van der Waals surface area contributed by atoms with Gasteiger partial charge in [0.25, 0.3) is 0 Å². The lowest BCUT2D eigenvalue weighted by Gasteiger charge is -2.20. The van der Waals surface area contributed by atoms with E-state index in [1.54, 1.807) is 36.4 Å². The van der Waals surface area contributed by atoms with Crippen molar-refractivity contribution in [2.24, 2.45) is 0 Å². The zero-order valence-corrected chi connectivity index (χ0v) is 16.9. The van der Waals surface area contributed by atoms with Gasteiger partial charge in [0.05, 0.1) is 23.0 Å². The van der Waals surface area contributed by atoms with Crippen LogP contribution < -0.4 is 11.1 Å². The third kappa shape index (κ3) is 5.19. The van der Waals surface area contributed by atoms with Gasteiger partial charge in [0.15, 0.2) is 0 Å². The van der Waals surface area contributed by atoms with E-state index in [2.05, 4.69) is 10.3 Å². The van der Waals surface area contributed by atoms with Crippen molar-refractivity contribution in [3.8, 4) is 0 Å². The number of rotatable bonds is 6. The maximum atomic E-state index is 11.2. The second kappa shape index (κ2) is 8.69. The molecule has 0 radical (unpaired) electrons. The fraction of sp³-hybridized carbons (Fsp3) is 0.158. The standard InChI is InChI=1S/C19H18Cl2N4OS/c1-12(26)24-18-5-3-14(9-17(18)22)27-19(10-25-7-6-23-11-25)15-4-2-13(20)8-16(15)21/h2-9,11,19H,10,22H2,1H3,(H,24,26). The smallest absolute Gasteiger partial charge is 0.221 e. The molecule has 3 N–H and O–H groups in total. The first kappa shape index (κ1) is 19.6. The lowest BCUT2D eigenvalue weighted by atomic mass is 10.1. The Balaban J connectivity index is 1.89. The zero-order valence-electron chi connectivity index (χ0n) is 14.5. The van der Waals surface area contributed by atoms with Crippen LogP contribution in [0.1, 0.15) is 17.7 Å². The van der Waals surface area contributed by atoms with Crippen molar-refractivity contribution in [2.75, 3.05) is 11.1 Å². The summed E-state index contributed by atoms with van der Waals surface area (Å²) in [5.74, 6) is -0.159. The largest absolute Gasteiger partial charge is 0.397 e. The quantitative estimate of drug-likeness (QED) is 0.421. The average Bonchev–Trinajstić information content (AvgIpc) is 3.09. The molecule has 2 aromatic carbocycles. The van der Waals surface area contributed by atoms with Gasteiger partial charge in [0.2, 0.25) is 5.91 Å².